The first-order valence-corrected chi connectivity index (χ1v) is 5.77. The molecular formula is C12H20N2O2. The summed E-state index contributed by atoms with van der Waals surface area (Å²) in [4.78, 5) is 6.45. The fourth-order valence-electron chi connectivity index (χ4n) is 1.56. The first-order valence-electron chi connectivity index (χ1n) is 5.77. The zero-order chi connectivity index (χ0) is 11.8. The number of rotatable bonds is 7. The number of aromatic nitrogens is 1. The lowest BCUT2D eigenvalue weighted by atomic mass is 10.3. The van der Waals surface area contributed by atoms with Crippen molar-refractivity contribution in [1.29, 1.82) is 0 Å². The predicted octanol–water partition coefficient (Wildman–Crippen LogP) is 1.69. The maximum atomic E-state index is 8.85. The number of anilines is 1. The van der Waals surface area contributed by atoms with Gasteiger partial charge in [-0.2, -0.15) is 0 Å². The van der Waals surface area contributed by atoms with Crippen molar-refractivity contribution in [3.05, 3.63) is 18.3 Å². The number of ether oxygens (including phenoxy) is 1. The monoisotopic (exact) mass is 224 g/mol. The Morgan fingerprint density at radius 3 is 2.88 bits per heavy atom. The molecule has 1 aromatic rings. The molecule has 0 saturated carbocycles. The van der Waals surface area contributed by atoms with Crippen LogP contribution in [0.1, 0.15) is 20.3 Å². The number of hydrogen-bond donors (Lipinski definition) is 1. The van der Waals surface area contributed by atoms with Crippen LogP contribution in [0.2, 0.25) is 0 Å². The van der Waals surface area contributed by atoms with E-state index in [4.69, 9.17) is 9.84 Å². The normalized spacial score (nSPS) is 10.2. The van der Waals surface area contributed by atoms with Gasteiger partial charge in [-0.1, -0.05) is 0 Å². The second kappa shape index (κ2) is 7.06. The largest absolute Gasteiger partial charge is 0.490 e. The summed E-state index contributed by atoms with van der Waals surface area (Å²) in [6.07, 6.45) is 2.51. The Bertz CT molecular complexity index is 305. The SMILES string of the molecule is CCOc1cccnc1N(CC)CCCO. The molecule has 0 aromatic carbocycles. The molecule has 0 bridgehead atoms. The molecular weight excluding hydrogens is 204 g/mol. The summed E-state index contributed by atoms with van der Waals surface area (Å²) >= 11 is 0. The highest BCUT2D eigenvalue weighted by Crippen LogP contribution is 2.24. The Morgan fingerprint density at radius 1 is 1.44 bits per heavy atom. The highest BCUT2D eigenvalue weighted by Gasteiger charge is 2.11. The number of hydrogen-bond acceptors (Lipinski definition) is 4. The second-order valence-corrected chi connectivity index (χ2v) is 3.41. The minimum atomic E-state index is 0.202. The summed E-state index contributed by atoms with van der Waals surface area (Å²) in [7, 11) is 0. The minimum absolute atomic E-state index is 0.202. The van der Waals surface area contributed by atoms with Gasteiger partial charge in [0.15, 0.2) is 11.6 Å². The molecule has 0 unspecified atom stereocenters. The van der Waals surface area contributed by atoms with Gasteiger partial charge in [0.25, 0.3) is 0 Å². The Labute approximate surface area is 96.9 Å². The van der Waals surface area contributed by atoms with Crippen LogP contribution in [0.4, 0.5) is 5.82 Å². The van der Waals surface area contributed by atoms with E-state index in [1.54, 1.807) is 6.20 Å². The van der Waals surface area contributed by atoms with Gasteiger partial charge in [-0.25, -0.2) is 4.98 Å². The fraction of sp³-hybridized carbons (Fsp3) is 0.583. The molecule has 1 aromatic heterocycles. The van der Waals surface area contributed by atoms with Gasteiger partial charge >= 0.3 is 0 Å². The first kappa shape index (κ1) is 12.8. The van der Waals surface area contributed by atoms with E-state index in [1.165, 1.54) is 0 Å². The van der Waals surface area contributed by atoms with Gasteiger partial charge in [0, 0.05) is 25.9 Å². The summed E-state index contributed by atoms with van der Waals surface area (Å²) in [5.74, 6) is 1.67. The van der Waals surface area contributed by atoms with Crippen LogP contribution in [-0.2, 0) is 0 Å². The molecule has 1 N–H and O–H groups in total. The summed E-state index contributed by atoms with van der Waals surface area (Å²) in [5.41, 5.74) is 0. The predicted molar refractivity (Wildman–Crippen MR) is 65.0 cm³/mol. The summed E-state index contributed by atoms with van der Waals surface area (Å²) in [6, 6.07) is 3.79. The number of aliphatic hydroxyl groups excluding tert-OH is 1. The van der Waals surface area contributed by atoms with Gasteiger partial charge in [-0.05, 0) is 32.4 Å². The number of aliphatic hydroxyl groups is 1. The molecule has 0 atom stereocenters. The Kier molecular flexibility index (Phi) is 5.64. The van der Waals surface area contributed by atoms with Crippen LogP contribution in [-0.4, -0.2) is 36.4 Å². The van der Waals surface area contributed by atoms with E-state index in [2.05, 4.69) is 16.8 Å². The molecule has 0 radical (unpaired) electrons. The molecule has 0 aliphatic rings. The second-order valence-electron chi connectivity index (χ2n) is 3.41. The summed E-state index contributed by atoms with van der Waals surface area (Å²) in [6.45, 7) is 6.52. The van der Waals surface area contributed by atoms with Crippen molar-refractivity contribution in [1.82, 2.24) is 4.98 Å². The van der Waals surface area contributed by atoms with Gasteiger partial charge in [0.2, 0.25) is 0 Å². The van der Waals surface area contributed by atoms with Crippen LogP contribution >= 0.6 is 0 Å². The van der Waals surface area contributed by atoms with E-state index in [-0.39, 0.29) is 6.61 Å². The first-order chi connectivity index (χ1) is 7.83. The van der Waals surface area contributed by atoms with Gasteiger partial charge in [0.1, 0.15) is 0 Å². The van der Waals surface area contributed by atoms with Gasteiger partial charge in [0.05, 0.1) is 6.61 Å². The van der Waals surface area contributed by atoms with Crippen LogP contribution in [0.25, 0.3) is 0 Å². The third kappa shape index (κ3) is 3.38. The maximum absolute atomic E-state index is 8.85. The van der Waals surface area contributed by atoms with Gasteiger partial charge in [-0.3, -0.25) is 0 Å². The molecule has 0 saturated heterocycles. The molecule has 0 spiro atoms. The molecule has 0 fully saturated rings. The topological polar surface area (TPSA) is 45.6 Å². The van der Waals surface area contributed by atoms with Crippen LogP contribution in [0.3, 0.4) is 0 Å². The number of nitrogens with zero attached hydrogens (tertiary/aromatic N) is 2. The van der Waals surface area contributed by atoms with Crippen LogP contribution < -0.4 is 9.64 Å². The summed E-state index contributed by atoms with van der Waals surface area (Å²) < 4.78 is 5.53. The van der Waals surface area contributed by atoms with E-state index in [0.29, 0.717) is 6.61 Å². The van der Waals surface area contributed by atoms with E-state index >= 15 is 0 Å². The highest BCUT2D eigenvalue weighted by molar-refractivity contribution is 5.51. The van der Waals surface area contributed by atoms with Crippen molar-refractivity contribution in [2.45, 2.75) is 20.3 Å². The van der Waals surface area contributed by atoms with Crippen molar-refractivity contribution < 1.29 is 9.84 Å². The molecule has 0 aliphatic heterocycles. The molecule has 90 valence electrons. The molecule has 0 amide bonds. The molecule has 0 aliphatic carbocycles. The zero-order valence-corrected chi connectivity index (χ0v) is 10.0. The van der Waals surface area contributed by atoms with E-state index < -0.39 is 0 Å². The summed E-state index contributed by atoms with van der Waals surface area (Å²) in [5, 5.41) is 8.85. The average Bonchev–Trinajstić information content (AvgIpc) is 2.32. The Morgan fingerprint density at radius 2 is 2.25 bits per heavy atom. The Balaban J connectivity index is 2.81. The average molecular weight is 224 g/mol. The maximum Gasteiger partial charge on any atom is 0.171 e. The van der Waals surface area contributed by atoms with Crippen molar-refractivity contribution in [2.24, 2.45) is 0 Å². The molecule has 4 heteroatoms. The van der Waals surface area contributed by atoms with E-state index in [9.17, 15) is 0 Å². The van der Waals surface area contributed by atoms with E-state index in [0.717, 1.165) is 31.1 Å². The minimum Gasteiger partial charge on any atom is -0.490 e. The van der Waals surface area contributed by atoms with E-state index in [1.807, 2.05) is 19.1 Å². The fourth-order valence-corrected chi connectivity index (χ4v) is 1.56. The van der Waals surface area contributed by atoms with Crippen molar-refractivity contribution in [2.75, 3.05) is 31.2 Å². The third-order valence-electron chi connectivity index (χ3n) is 2.32. The molecule has 16 heavy (non-hydrogen) atoms. The highest BCUT2D eigenvalue weighted by atomic mass is 16.5. The van der Waals surface area contributed by atoms with Crippen molar-refractivity contribution >= 4 is 5.82 Å². The molecule has 4 nitrogen and oxygen atoms in total. The lowest BCUT2D eigenvalue weighted by Crippen LogP contribution is -2.26. The smallest absolute Gasteiger partial charge is 0.171 e. The van der Waals surface area contributed by atoms with Gasteiger partial charge < -0.3 is 14.7 Å². The van der Waals surface area contributed by atoms with Crippen molar-refractivity contribution in [3.8, 4) is 5.75 Å². The lowest BCUT2D eigenvalue weighted by Gasteiger charge is -2.23. The lowest BCUT2D eigenvalue weighted by molar-refractivity contribution is 0.289. The van der Waals surface area contributed by atoms with Crippen molar-refractivity contribution in [3.63, 3.8) is 0 Å². The van der Waals surface area contributed by atoms with Crippen LogP contribution in [0, 0.1) is 0 Å². The number of pyridine rings is 1. The van der Waals surface area contributed by atoms with Crippen LogP contribution in [0.15, 0.2) is 18.3 Å². The zero-order valence-electron chi connectivity index (χ0n) is 10.0. The third-order valence-corrected chi connectivity index (χ3v) is 2.32. The molecule has 1 heterocycles. The van der Waals surface area contributed by atoms with Crippen LogP contribution in [0.5, 0.6) is 5.75 Å². The molecule has 1 rings (SSSR count). The quantitative estimate of drug-likeness (QED) is 0.765. The standard InChI is InChI=1S/C12H20N2O2/c1-3-14(9-6-10-15)12-11(16-4-2)7-5-8-13-12/h5,7-8,15H,3-4,6,9-10H2,1-2H3. The van der Waals surface area contributed by atoms with Gasteiger partial charge in [-0.15, -0.1) is 0 Å². The Hall–Kier alpha value is -1.29.